The van der Waals surface area contributed by atoms with Crippen LogP contribution in [-0.2, 0) is 22.7 Å². The summed E-state index contributed by atoms with van der Waals surface area (Å²) in [5.41, 5.74) is 1.72. The third-order valence-corrected chi connectivity index (χ3v) is 3.76. The van der Waals surface area contributed by atoms with Crippen LogP contribution in [0.3, 0.4) is 0 Å². The van der Waals surface area contributed by atoms with Crippen molar-refractivity contribution in [2.24, 2.45) is 0 Å². The van der Waals surface area contributed by atoms with E-state index >= 15 is 0 Å². The zero-order valence-corrected chi connectivity index (χ0v) is 13.9. The van der Waals surface area contributed by atoms with Crippen LogP contribution in [0.25, 0.3) is 11.0 Å². The molecular formula is C19H17FO5. The summed E-state index contributed by atoms with van der Waals surface area (Å²) in [7, 11) is 2.92. The van der Waals surface area contributed by atoms with Crippen molar-refractivity contribution in [3.8, 4) is 5.75 Å². The zero-order chi connectivity index (χ0) is 17.8. The predicted octanol–water partition coefficient (Wildman–Crippen LogP) is 4.08. The smallest absolute Gasteiger partial charge is 0.374 e. The molecule has 0 aliphatic rings. The third kappa shape index (κ3) is 3.49. The second kappa shape index (κ2) is 7.36. The van der Waals surface area contributed by atoms with Gasteiger partial charge in [0.1, 0.15) is 12.2 Å². The molecule has 0 saturated carbocycles. The van der Waals surface area contributed by atoms with Gasteiger partial charge in [-0.3, -0.25) is 0 Å². The molecule has 5 nitrogen and oxygen atoms in total. The molecule has 1 heterocycles. The van der Waals surface area contributed by atoms with Gasteiger partial charge in [-0.15, -0.1) is 0 Å². The van der Waals surface area contributed by atoms with Gasteiger partial charge in [-0.2, -0.15) is 0 Å². The van der Waals surface area contributed by atoms with Crippen molar-refractivity contribution in [2.45, 2.75) is 13.2 Å². The summed E-state index contributed by atoms with van der Waals surface area (Å²) < 4.78 is 34.6. The first-order chi connectivity index (χ1) is 12.1. The van der Waals surface area contributed by atoms with Crippen molar-refractivity contribution in [2.75, 3.05) is 14.2 Å². The summed E-state index contributed by atoms with van der Waals surface area (Å²) in [4.78, 5) is 12.4. The molecule has 130 valence electrons. The SMILES string of the molecule is COCc1c(C(=O)OCc2ccc(OC)c(F)c2)oc2ccccc12. The van der Waals surface area contributed by atoms with Gasteiger partial charge in [0.15, 0.2) is 11.6 Å². The maximum atomic E-state index is 13.7. The van der Waals surface area contributed by atoms with E-state index in [-0.39, 0.29) is 24.7 Å². The Labute approximate surface area is 143 Å². The fourth-order valence-corrected chi connectivity index (χ4v) is 2.57. The highest BCUT2D eigenvalue weighted by Gasteiger charge is 2.21. The molecule has 0 radical (unpaired) electrons. The van der Waals surface area contributed by atoms with Crippen molar-refractivity contribution in [1.29, 1.82) is 0 Å². The number of carbonyl (C=O) groups is 1. The fraction of sp³-hybridized carbons (Fsp3) is 0.211. The van der Waals surface area contributed by atoms with Crippen molar-refractivity contribution >= 4 is 16.9 Å². The number of benzene rings is 2. The Bertz CT molecular complexity index is 900. The third-order valence-electron chi connectivity index (χ3n) is 3.76. The van der Waals surface area contributed by atoms with Crippen LogP contribution >= 0.6 is 0 Å². The normalized spacial score (nSPS) is 10.8. The molecule has 0 unspecified atom stereocenters. The summed E-state index contributed by atoms with van der Waals surface area (Å²) in [6.45, 7) is 0.141. The Morgan fingerprint density at radius 2 is 1.92 bits per heavy atom. The standard InChI is InChI=1S/C19H17FO5/c1-22-11-14-13-5-3-4-6-16(13)25-18(14)19(21)24-10-12-7-8-17(23-2)15(20)9-12/h3-9H,10-11H2,1-2H3. The first-order valence-corrected chi connectivity index (χ1v) is 7.63. The van der Waals surface area contributed by atoms with E-state index in [0.29, 0.717) is 16.7 Å². The molecule has 0 atom stereocenters. The summed E-state index contributed by atoms with van der Waals surface area (Å²) >= 11 is 0. The van der Waals surface area contributed by atoms with Crippen molar-refractivity contribution in [3.05, 3.63) is 65.2 Å². The quantitative estimate of drug-likeness (QED) is 0.631. The van der Waals surface area contributed by atoms with Crippen LogP contribution in [0.4, 0.5) is 4.39 Å². The van der Waals surface area contributed by atoms with Crippen LogP contribution in [-0.4, -0.2) is 20.2 Å². The molecule has 6 heteroatoms. The van der Waals surface area contributed by atoms with E-state index in [1.54, 1.807) is 12.1 Å². The lowest BCUT2D eigenvalue weighted by atomic mass is 10.1. The second-order valence-electron chi connectivity index (χ2n) is 5.38. The van der Waals surface area contributed by atoms with Crippen LogP contribution < -0.4 is 4.74 Å². The molecule has 0 spiro atoms. The number of carbonyl (C=O) groups excluding carboxylic acids is 1. The van der Waals surface area contributed by atoms with Gasteiger partial charge in [-0.05, 0) is 23.8 Å². The predicted molar refractivity (Wildman–Crippen MR) is 89.0 cm³/mol. The number of halogens is 1. The van der Waals surface area contributed by atoms with Crippen molar-refractivity contribution < 1.29 is 27.8 Å². The number of fused-ring (bicyclic) bond motifs is 1. The number of furan rings is 1. The Hall–Kier alpha value is -2.86. The monoisotopic (exact) mass is 344 g/mol. The van der Waals surface area contributed by atoms with Gasteiger partial charge >= 0.3 is 5.97 Å². The van der Waals surface area contributed by atoms with E-state index in [9.17, 15) is 9.18 Å². The zero-order valence-electron chi connectivity index (χ0n) is 13.9. The number of hydrogen-bond donors (Lipinski definition) is 0. The second-order valence-corrected chi connectivity index (χ2v) is 5.38. The Balaban J connectivity index is 1.80. The molecule has 2 aromatic carbocycles. The Kier molecular flexibility index (Phi) is 5.00. The van der Waals surface area contributed by atoms with Crippen molar-refractivity contribution in [1.82, 2.24) is 0 Å². The van der Waals surface area contributed by atoms with E-state index in [0.717, 1.165) is 5.39 Å². The molecule has 0 amide bonds. The van der Waals surface area contributed by atoms with Crippen LogP contribution in [0.1, 0.15) is 21.7 Å². The molecule has 0 aliphatic carbocycles. The lowest BCUT2D eigenvalue weighted by Gasteiger charge is -2.07. The molecule has 25 heavy (non-hydrogen) atoms. The number of methoxy groups -OCH3 is 2. The molecule has 3 aromatic rings. The van der Waals surface area contributed by atoms with Gasteiger partial charge in [0, 0.05) is 18.1 Å². The highest BCUT2D eigenvalue weighted by Crippen LogP contribution is 2.27. The minimum atomic E-state index is -0.625. The van der Waals surface area contributed by atoms with Crippen molar-refractivity contribution in [3.63, 3.8) is 0 Å². The number of hydrogen-bond acceptors (Lipinski definition) is 5. The number of rotatable bonds is 6. The molecule has 0 aliphatic heterocycles. The van der Waals surface area contributed by atoms with E-state index in [4.69, 9.17) is 18.6 Å². The van der Waals surface area contributed by atoms with Crippen LogP contribution in [0.5, 0.6) is 5.75 Å². The maximum absolute atomic E-state index is 13.7. The first kappa shape index (κ1) is 17.0. The average Bonchev–Trinajstić information content (AvgIpc) is 2.99. The average molecular weight is 344 g/mol. The van der Waals surface area contributed by atoms with Gasteiger partial charge in [-0.1, -0.05) is 24.3 Å². The summed E-state index contributed by atoms with van der Waals surface area (Å²) in [5.74, 6) is -0.911. The van der Waals surface area contributed by atoms with Gasteiger partial charge in [0.05, 0.1) is 13.7 Å². The minimum Gasteiger partial charge on any atom is -0.494 e. The van der Waals surface area contributed by atoms with E-state index < -0.39 is 11.8 Å². The Morgan fingerprint density at radius 3 is 2.64 bits per heavy atom. The fourth-order valence-electron chi connectivity index (χ4n) is 2.57. The topological polar surface area (TPSA) is 57.9 Å². The highest BCUT2D eigenvalue weighted by atomic mass is 19.1. The molecule has 0 N–H and O–H groups in total. The van der Waals surface area contributed by atoms with Crippen LogP contribution in [0.2, 0.25) is 0 Å². The van der Waals surface area contributed by atoms with E-state index in [1.807, 2.05) is 18.2 Å². The van der Waals surface area contributed by atoms with Gasteiger partial charge in [0.25, 0.3) is 0 Å². The largest absolute Gasteiger partial charge is 0.494 e. The molecular weight excluding hydrogens is 327 g/mol. The highest BCUT2D eigenvalue weighted by molar-refractivity contribution is 5.96. The van der Waals surface area contributed by atoms with Gasteiger partial charge in [-0.25, -0.2) is 9.18 Å². The molecule has 3 rings (SSSR count). The van der Waals surface area contributed by atoms with Crippen LogP contribution in [0.15, 0.2) is 46.9 Å². The summed E-state index contributed by atoms with van der Waals surface area (Å²) in [6.07, 6.45) is 0. The molecule has 0 saturated heterocycles. The lowest BCUT2D eigenvalue weighted by Crippen LogP contribution is -2.07. The summed E-state index contributed by atoms with van der Waals surface area (Å²) in [5, 5.41) is 0.798. The number of esters is 1. The maximum Gasteiger partial charge on any atom is 0.374 e. The molecule has 0 fully saturated rings. The first-order valence-electron chi connectivity index (χ1n) is 7.63. The van der Waals surface area contributed by atoms with E-state index in [2.05, 4.69) is 0 Å². The molecule has 1 aromatic heterocycles. The van der Waals surface area contributed by atoms with Gasteiger partial charge in [0.2, 0.25) is 5.76 Å². The number of para-hydroxylation sites is 1. The van der Waals surface area contributed by atoms with Crippen LogP contribution in [0, 0.1) is 5.82 Å². The van der Waals surface area contributed by atoms with Gasteiger partial charge < -0.3 is 18.6 Å². The Morgan fingerprint density at radius 1 is 1.12 bits per heavy atom. The van der Waals surface area contributed by atoms with E-state index in [1.165, 1.54) is 26.4 Å². The molecule has 0 bridgehead atoms. The summed E-state index contributed by atoms with van der Waals surface area (Å²) in [6, 6.07) is 11.7. The minimum absolute atomic E-state index is 0.0801. The lowest BCUT2D eigenvalue weighted by molar-refractivity contribution is 0.0432. The number of ether oxygens (including phenoxy) is 3.